The molecule has 0 nitrogen and oxygen atoms in total. The Labute approximate surface area is 201 Å². The summed E-state index contributed by atoms with van der Waals surface area (Å²) in [5, 5.41) is 8.44. The van der Waals surface area contributed by atoms with Crippen LogP contribution in [-0.2, 0) is 27.8 Å². The summed E-state index contributed by atoms with van der Waals surface area (Å²) in [7, 11) is -0.874. The molecule has 0 amide bonds. The van der Waals surface area contributed by atoms with E-state index in [2.05, 4.69) is 103 Å². The van der Waals surface area contributed by atoms with Gasteiger partial charge in [0.05, 0.1) is 8.80 Å². The molecule has 5 aromatic carbocycles. The third-order valence-corrected chi connectivity index (χ3v) is 7.89. The van der Waals surface area contributed by atoms with E-state index in [1.54, 1.807) is 0 Å². The van der Waals surface area contributed by atoms with Crippen molar-refractivity contribution in [1.82, 2.24) is 0 Å². The Morgan fingerprint density at radius 3 is 1.52 bits per heavy atom. The van der Waals surface area contributed by atoms with Gasteiger partial charge in [0, 0.05) is 0 Å². The predicted molar refractivity (Wildman–Crippen MR) is 114 cm³/mol. The van der Waals surface area contributed by atoms with Crippen molar-refractivity contribution in [3.05, 3.63) is 109 Å². The Hall–Kier alpha value is -1.61. The molecule has 0 N–H and O–H groups in total. The molecule has 5 rings (SSSR count). The van der Waals surface area contributed by atoms with Crippen molar-refractivity contribution in [3.8, 4) is 0 Å². The van der Waals surface area contributed by atoms with E-state index in [0.29, 0.717) is 0 Å². The third kappa shape index (κ3) is 4.94. The molecule has 0 unspecified atom stereocenters. The minimum absolute atomic E-state index is 0. The maximum Gasteiger partial charge on any atom is 4.00 e. The summed E-state index contributed by atoms with van der Waals surface area (Å²) in [6, 6.07) is 39.1. The molecule has 0 spiro atoms. The molecule has 0 heterocycles. The molecule has 0 fully saturated rings. The van der Waals surface area contributed by atoms with E-state index in [0.717, 1.165) is 6.04 Å². The molecule has 0 aromatic heterocycles. The van der Waals surface area contributed by atoms with Crippen LogP contribution in [0.15, 0.2) is 103 Å². The van der Waals surface area contributed by atoms with Gasteiger partial charge in [-0.05, 0) is 6.04 Å². The molecule has 141 valence electrons. The van der Waals surface area contributed by atoms with Gasteiger partial charge < -0.3 is 24.8 Å². The van der Waals surface area contributed by atoms with E-state index < -0.39 is 8.80 Å². The zero-order valence-corrected chi connectivity index (χ0v) is 19.9. The molecule has 29 heavy (non-hydrogen) atoms. The number of rotatable bonds is 4. The fourth-order valence-corrected chi connectivity index (χ4v) is 6.52. The van der Waals surface area contributed by atoms with Crippen LogP contribution < -0.4 is 35.2 Å². The van der Waals surface area contributed by atoms with Crippen molar-refractivity contribution >= 4 is 40.7 Å². The summed E-state index contributed by atoms with van der Waals surface area (Å²) in [5.74, 6) is 0. The molecule has 0 aliphatic carbocycles. The molecule has 1 radical (unpaired) electrons. The first-order valence-electron chi connectivity index (χ1n) is 9.08. The first-order chi connectivity index (χ1) is 12.9. The summed E-state index contributed by atoms with van der Waals surface area (Å²) in [6.45, 7) is 0. The molecule has 4 heteroatoms. The van der Waals surface area contributed by atoms with Crippen molar-refractivity contribution in [2.75, 3.05) is 0 Å². The maximum absolute atomic E-state index is 2.41. The quantitative estimate of drug-likeness (QED) is 0.232. The van der Waals surface area contributed by atoms with Gasteiger partial charge in [0.25, 0.3) is 0 Å². The van der Waals surface area contributed by atoms with Crippen LogP contribution in [0.2, 0.25) is 0 Å². The zero-order chi connectivity index (χ0) is 17.3. The molecule has 0 saturated carbocycles. The van der Waals surface area contributed by atoms with Gasteiger partial charge in [-0.3, -0.25) is 0 Å². The smallest absolute Gasteiger partial charge is 1.00 e. The van der Waals surface area contributed by atoms with Crippen LogP contribution in [0.25, 0.3) is 21.5 Å². The van der Waals surface area contributed by atoms with Crippen LogP contribution in [0.5, 0.6) is 0 Å². The Morgan fingerprint density at radius 2 is 1.03 bits per heavy atom. The van der Waals surface area contributed by atoms with Gasteiger partial charge in [-0.2, -0.15) is 22.9 Å². The van der Waals surface area contributed by atoms with Gasteiger partial charge in [0.1, 0.15) is 0 Å². The average Bonchev–Trinajstić information content (AvgIpc) is 3.30. The SMILES string of the molecule is [Cl-].[Cl-].[Ti+4].c1ccc(C[Si](c2cc3ccccc3[cH-]2)c2cc3ccccc3[cH-]2)cc1. The number of hydrogen-bond acceptors (Lipinski definition) is 0. The Kier molecular flexibility index (Phi) is 8.51. The number of benzene rings is 3. The summed E-state index contributed by atoms with van der Waals surface area (Å²) < 4.78 is 0. The summed E-state index contributed by atoms with van der Waals surface area (Å²) in [6.07, 6.45) is 0. The van der Waals surface area contributed by atoms with Crippen molar-refractivity contribution in [2.45, 2.75) is 6.04 Å². The Bertz CT molecular complexity index is 1040. The summed E-state index contributed by atoms with van der Waals surface area (Å²) in [4.78, 5) is 0. The summed E-state index contributed by atoms with van der Waals surface area (Å²) in [5.41, 5.74) is 1.43. The second kappa shape index (κ2) is 10.4. The van der Waals surface area contributed by atoms with E-state index in [9.17, 15) is 0 Å². The van der Waals surface area contributed by atoms with E-state index in [1.807, 2.05) is 0 Å². The average molecular weight is 466 g/mol. The van der Waals surface area contributed by atoms with Crippen molar-refractivity contribution in [2.24, 2.45) is 0 Å². The first-order valence-corrected chi connectivity index (χ1v) is 10.8. The number of halogens is 2. The molecule has 0 saturated heterocycles. The van der Waals surface area contributed by atoms with Gasteiger partial charge in [-0.1, -0.05) is 48.0 Å². The molecule has 0 aliphatic heterocycles. The van der Waals surface area contributed by atoms with E-state index >= 15 is 0 Å². The van der Waals surface area contributed by atoms with Crippen LogP contribution >= 0.6 is 0 Å². The van der Waals surface area contributed by atoms with Gasteiger partial charge >= 0.3 is 21.7 Å². The zero-order valence-electron chi connectivity index (χ0n) is 15.8. The minimum Gasteiger partial charge on any atom is -1.00 e. The molecular weight excluding hydrogens is 447 g/mol. The maximum atomic E-state index is 2.41. The van der Waals surface area contributed by atoms with Crippen molar-refractivity contribution < 1.29 is 46.5 Å². The van der Waals surface area contributed by atoms with Crippen LogP contribution in [0.4, 0.5) is 0 Å². The molecule has 0 bridgehead atoms. The molecule has 0 atom stereocenters. The first kappa shape index (κ1) is 23.7. The number of fused-ring (bicyclic) bond motifs is 2. The molecular formula is C25H19Cl2SiTi. The van der Waals surface area contributed by atoms with E-state index in [4.69, 9.17) is 0 Å². The molecule has 0 aliphatic rings. The van der Waals surface area contributed by atoms with Gasteiger partial charge in [-0.15, -0.1) is 69.7 Å². The summed E-state index contributed by atoms with van der Waals surface area (Å²) >= 11 is 0. The normalized spacial score (nSPS) is 10.4. The van der Waals surface area contributed by atoms with E-state index in [-0.39, 0.29) is 46.5 Å². The second-order valence-electron chi connectivity index (χ2n) is 6.89. The van der Waals surface area contributed by atoms with Crippen molar-refractivity contribution in [3.63, 3.8) is 0 Å². The van der Waals surface area contributed by atoms with Gasteiger partial charge in [-0.25, -0.2) is 0 Å². The van der Waals surface area contributed by atoms with Crippen molar-refractivity contribution in [1.29, 1.82) is 0 Å². The number of hydrogen-bond donors (Lipinski definition) is 0. The third-order valence-electron chi connectivity index (χ3n) is 5.16. The van der Waals surface area contributed by atoms with Crippen LogP contribution in [0, 0.1) is 0 Å². The predicted octanol–water partition coefficient (Wildman–Crippen LogP) is -1.17. The van der Waals surface area contributed by atoms with Gasteiger partial charge in [0.15, 0.2) is 0 Å². The fourth-order valence-electron chi connectivity index (χ4n) is 3.82. The molecule has 5 aromatic rings. The minimum atomic E-state index is -0.874. The van der Waals surface area contributed by atoms with E-state index in [1.165, 1.54) is 37.5 Å². The second-order valence-corrected chi connectivity index (χ2v) is 9.35. The van der Waals surface area contributed by atoms with Crippen LogP contribution in [0.3, 0.4) is 0 Å². The largest absolute Gasteiger partial charge is 4.00 e. The standard InChI is InChI=1S/C25H19Si.2ClH.Ti/c1-2-8-19(9-3-1)18-26(24-14-20-10-4-5-11-21(20)15-24)25-16-22-12-6-7-13-23(22)17-25;;;/h1-17H,18H2;2*1H;/q-2;;;+4/p-2. The Balaban J connectivity index is 0.000001000. The Morgan fingerprint density at radius 1 is 0.586 bits per heavy atom. The van der Waals surface area contributed by atoms with Crippen LogP contribution in [0.1, 0.15) is 5.56 Å². The monoisotopic (exact) mass is 465 g/mol. The topological polar surface area (TPSA) is 0 Å². The fraction of sp³-hybridized carbons (Fsp3) is 0.0400. The van der Waals surface area contributed by atoms with Gasteiger partial charge in [0.2, 0.25) is 0 Å². The van der Waals surface area contributed by atoms with Crippen LogP contribution in [-0.4, -0.2) is 8.80 Å².